The predicted octanol–water partition coefficient (Wildman–Crippen LogP) is 1.50. The van der Waals surface area contributed by atoms with E-state index in [1.165, 1.54) is 7.11 Å². The molecular formula is C12H18N2O3. The summed E-state index contributed by atoms with van der Waals surface area (Å²) in [6.07, 6.45) is 0. The number of methoxy groups -OCH3 is 1. The molecule has 0 spiro atoms. The van der Waals surface area contributed by atoms with Crippen LogP contribution in [0.25, 0.3) is 0 Å². The molecule has 5 heteroatoms. The molecule has 0 heterocycles. The van der Waals surface area contributed by atoms with Gasteiger partial charge in [0.2, 0.25) is 0 Å². The second kappa shape index (κ2) is 6.75. The Morgan fingerprint density at radius 3 is 2.88 bits per heavy atom. The van der Waals surface area contributed by atoms with Crippen molar-refractivity contribution in [2.24, 2.45) is 0 Å². The highest BCUT2D eigenvalue weighted by Crippen LogP contribution is 2.18. The van der Waals surface area contributed by atoms with Crippen molar-refractivity contribution in [3.63, 3.8) is 0 Å². The van der Waals surface area contributed by atoms with Crippen LogP contribution < -0.4 is 11.1 Å². The van der Waals surface area contributed by atoms with Gasteiger partial charge in [0, 0.05) is 24.5 Å². The standard InChI is InChI=1S/C12H18N2O3/c1-3-17-7-6-14-9-4-5-11(13)10(8-9)12(15)16-2/h4-5,8,14H,3,6-7,13H2,1-2H3. The van der Waals surface area contributed by atoms with Crippen molar-refractivity contribution in [1.82, 2.24) is 0 Å². The van der Waals surface area contributed by atoms with E-state index in [1.807, 2.05) is 13.0 Å². The first-order valence-corrected chi connectivity index (χ1v) is 5.48. The van der Waals surface area contributed by atoms with E-state index in [1.54, 1.807) is 12.1 Å². The predicted molar refractivity (Wildman–Crippen MR) is 67.2 cm³/mol. The molecule has 0 aliphatic heterocycles. The molecule has 1 rings (SSSR count). The summed E-state index contributed by atoms with van der Waals surface area (Å²) >= 11 is 0. The molecule has 0 radical (unpaired) electrons. The van der Waals surface area contributed by atoms with Crippen LogP contribution >= 0.6 is 0 Å². The number of esters is 1. The van der Waals surface area contributed by atoms with Gasteiger partial charge in [-0.2, -0.15) is 0 Å². The molecule has 0 saturated carbocycles. The van der Waals surface area contributed by atoms with Gasteiger partial charge in [0.05, 0.1) is 19.3 Å². The van der Waals surface area contributed by atoms with E-state index < -0.39 is 5.97 Å². The van der Waals surface area contributed by atoms with Crippen molar-refractivity contribution in [2.45, 2.75) is 6.92 Å². The van der Waals surface area contributed by atoms with Crippen LogP contribution in [0.15, 0.2) is 18.2 Å². The maximum Gasteiger partial charge on any atom is 0.340 e. The van der Waals surface area contributed by atoms with Gasteiger partial charge in [-0.25, -0.2) is 4.79 Å². The molecule has 17 heavy (non-hydrogen) atoms. The van der Waals surface area contributed by atoms with Crippen molar-refractivity contribution in [3.05, 3.63) is 23.8 Å². The first-order valence-electron chi connectivity index (χ1n) is 5.48. The molecule has 1 aromatic carbocycles. The van der Waals surface area contributed by atoms with Gasteiger partial charge in [0.15, 0.2) is 0 Å². The molecule has 0 amide bonds. The Labute approximate surface area is 101 Å². The molecule has 0 aromatic heterocycles. The Bertz CT molecular complexity index is 380. The van der Waals surface area contributed by atoms with Crippen LogP contribution in [0.2, 0.25) is 0 Å². The van der Waals surface area contributed by atoms with Gasteiger partial charge in [-0.1, -0.05) is 0 Å². The van der Waals surface area contributed by atoms with Gasteiger partial charge in [-0.05, 0) is 25.1 Å². The minimum atomic E-state index is -0.434. The molecule has 0 bridgehead atoms. The first-order chi connectivity index (χ1) is 8.19. The van der Waals surface area contributed by atoms with Gasteiger partial charge in [-0.3, -0.25) is 0 Å². The molecule has 94 valence electrons. The van der Waals surface area contributed by atoms with Gasteiger partial charge in [0.1, 0.15) is 0 Å². The number of anilines is 2. The zero-order valence-corrected chi connectivity index (χ0v) is 10.2. The lowest BCUT2D eigenvalue weighted by Gasteiger charge is -2.09. The summed E-state index contributed by atoms with van der Waals surface area (Å²) in [4.78, 5) is 11.4. The molecule has 0 atom stereocenters. The van der Waals surface area contributed by atoms with E-state index >= 15 is 0 Å². The number of hydrogen-bond acceptors (Lipinski definition) is 5. The van der Waals surface area contributed by atoms with Crippen LogP contribution in [0.4, 0.5) is 11.4 Å². The quantitative estimate of drug-likeness (QED) is 0.446. The van der Waals surface area contributed by atoms with Crippen molar-refractivity contribution in [3.8, 4) is 0 Å². The largest absolute Gasteiger partial charge is 0.465 e. The summed E-state index contributed by atoms with van der Waals surface area (Å²) in [5.74, 6) is -0.434. The van der Waals surface area contributed by atoms with E-state index in [4.69, 9.17) is 10.5 Å². The monoisotopic (exact) mass is 238 g/mol. The summed E-state index contributed by atoms with van der Waals surface area (Å²) in [6, 6.07) is 5.16. The van der Waals surface area contributed by atoms with Crippen molar-refractivity contribution >= 4 is 17.3 Å². The fourth-order valence-electron chi connectivity index (χ4n) is 1.36. The fraction of sp³-hybridized carbons (Fsp3) is 0.417. The number of nitrogens with two attached hydrogens (primary N) is 1. The fourth-order valence-corrected chi connectivity index (χ4v) is 1.36. The van der Waals surface area contributed by atoms with Crippen LogP contribution in [0.5, 0.6) is 0 Å². The average molecular weight is 238 g/mol. The minimum Gasteiger partial charge on any atom is -0.465 e. The zero-order valence-electron chi connectivity index (χ0n) is 10.2. The smallest absolute Gasteiger partial charge is 0.340 e. The molecule has 0 unspecified atom stereocenters. The number of carbonyl (C=O) groups is 1. The van der Waals surface area contributed by atoms with Gasteiger partial charge in [0.25, 0.3) is 0 Å². The van der Waals surface area contributed by atoms with Crippen LogP contribution in [0.3, 0.4) is 0 Å². The Morgan fingerprint density at radius 2 is 2.24 bits per heavy atom. The van der Waals surface area contributed by atoms with Crippen LogP contribution in [-0.2, 0) is 9.47 Å². The number of nitrogens with one attached hydrogen (secondary N) is 1. The lowest BCUT2D eigenvalue weighted by Crippen LogP contribution is -2.11. The van der Waals surface area contributed by atoms with E-state index in [-0.39, 0.29) is 0 Å². The third-order valence-electron chi connectivity index (χ3n) is 2.24. The van der Waals surface area contributed by atoms with Crippen molar-refractivity contribution in [1.29, 1.82) is 0 Å². The zero-order chi connectivity index (χ0) is 12.7. The Kier molecular flexibility index (Phi) is 5.29. The highest BCUT2D eigenvalue weighted by Gasteiger charge is 2.10. The number of nitrogen functional groups attached to an aromatic ring is 1. The Morgan fingerprint density at radius 1 is 1.47 bits per heavy atom. The molecule has 0 aliphatic carbocycles. The molecule has 5 nitrogen and oxygen atoms in total. The number of hydrogen-bond donors (Lipinski definition) is 2. The van der Waals surface area contributed by atoms with E-state index in [9.17, 15) is 4.79 Å². The number of ether oxygens (including phenoxy) is 2. The van der Waals surface area contributed by atoms with E-state index in [0.717, 1.165) is 5.69 Å². The Hall–Kier alpha value is -1.75. The molecular weight excluding hydrogens is 220 g/mol. The second-order valence-electron chi connectivity index (χ2n) is 3.42. The summed E-state index contributed by atoms with van der Waals surface area (Å²) in [6.45, 7) is 3.93. The number of rotatable bonds is 6. The lowest BCUT2D eigenvalue weighted by molar-refractivity contribution is 0.0602. The highest BCUT2D eigenvalue weighted by atomic mass is 16.5. The van der Waals surface area contributed by atoms with Gasteiger partial charge in [-0.15, -0.1) is 0 Å². The van der Waals surface area contributed by atoms with Crippen LogP contribution in [0.1, 0.15) is 17.3 Å². The summed E-state index contributed by atoms with van der Waals surface area (Å²) < 4.78 is 9.84. The highest BCUT2D eigenvalue weighted by molar-refractivity contribution is 5.96. The molecule has 0 saturated heterocycles. The van der Waals surface area contributed by atoms with E-state index in [0.29, 0.717) is 31.0 Å². The SMILES string of the molecule is CCOCCNc1ccc(N)c(C(=O)OC)c1. The first kappa shape index (κ1) is 13.3. The lowest BCUT2D eigenvalue weighted by atomic mass is 10.1. The average Bonchev–Trinajstić information content (AvgIpc) is 2.35. The topological polar surface area (TPSA) is 73.6 Å². The summed E-state index contributed by atoms with van der Waals surface area (Å²) in [5.41, 5.74) is 7.29. The maximum absolute atomic E-state index is 11.4. The summed E-state index contributed by atoms with van der Waals surface area (Å²) in [7, 11) is 1.33. The maximum atomic E-state index is 11.4. The molecule has 0 fully saturated rings. The third-order valence-corrected chi connectivity index (χ3v) is 2.24. The van der Waals surface area contributed by atoms with Crippen LogP contribution in [-0.4, -0.2) is 32.8 Å². The molecule has 3 N–H and O–H groups in total. The van der Waals surface area contributed by atoms with Gasteiger partial charge >= 0.3 is 5.97 Å². The Balaban J connectivity index is 2.65. The molecule has 1 aromatic rings. The third kappa shape index (κ3) is 3.96. The normalized spacial score (nSPS) is 10.0. The van der Waals surface area contributed by atoms with Gasteiger partial charge < -0.3 is 20.5 Å². The summed E-state index contributed by atoms with van der Waals surface area (Å²) in [5, 5.41) is 3.14. The number of benzene rings is 1. The second-order valence-corrected chi connectivity index (χ2v) is 3.42. The van der Waals surface area contributed by atoms with Crippen LogP contribution in [0, 0.1) is 0 Å². The van der Waals surface area contributed by atoms with E-state index in [2.05, 4.69) is 10.1 Å². The van der Waals surface area contributed by atoms with Crippen molar-refractivity contribution < 1.29 is 14.3 Å². The van der Waals surface area contributed by atoms with Crippen molar-refractivity contribution in [2.75, 3.05) is 37.9 Å². The number of carbonyl (C=O) groups excluding carboxylic acids is 1. The molecule has 0 aliphatic rings. The minimum absolute atomic E-state index is 0.369.